The number of unbranched alkanes of at least 4 members (excludes halogenated alkanes) is 8. The van der Waals surface area contributed by atoms with Gasteiger partial charge in [0.25, 0.3) is 0 Å². The zero-order chi connectivity index (χ0) is 84.1. The standard InChI is InChI=1S/C92H128O20S4/c1-17-21-25-29-61-65-45-70(78(49-73(65)105-13)110-114(99,100)54-90-38-34-58(42-82(90)94)86(90,7)8)63(31-27-23-19-3)67-47-72(80(51-75(67)107-15)112-116(103,104)56-92-40-36-60(44-84(92)96)88(92,11)12)64(32-28-24-20-4)68-48-71(79(52-76(68)108-16)111-115(101,102)55-91-39-35-59(43-83(91)95)87(91,9)10)62(30-26-22-18-2)66-46-69(61)77(50-74(66)106-14)109-113(97,98)53-89-37-33-57(41-81(89)93)85(89,5)6/h45-52,57-64H,17-44,53-56H2,1-16H3/t57-,58-,59-,60-,61+,62+,63+,64+,89-,90-,91-,92-/m1/s1. The van der Waals surface area contributed by atoms with Gasteiger partial charge in [0, 0.05) is 118 Å². The fourth-order valence-electron chi connectivity index (χ4n) is 24.2. The Balaban J connectivity index is 1.15. The Kier molecular flexibility index (Phi) is 24.4. The van der Waals surface area contributed by atoms with Gasteiger partial charge in [-0.2, -0.15) is 33.7 Å². The third kappa shape index (κ3) is 15.0. The fourth-order valence-corrected chi connectivity index (χ4v) is 31.2. The summed E-state index contributed by atoms with van der Waals surface area (Å²) >= 11 is 0. The summed E-state index contributed by atoms with van der Waals surface area (Å²) in [5.41, 5.74) is -4.38. The number of hydrogen-bond acceptors (Lipinski definition) is 20. The lowest BCUT2D eigenvalue weighted by Gasteiger charge is -2.36. The highest BCUT2D eigenvalue weighted by atomic mass is 32.2. The molecule has 0 heterocycles. The summed E-state index contributed by atoms with van der Waals surface area (Å²) in [4.78, 5) is 57.6. The summed E-state index contributed by atoms with van der Waals surface area (Å²) in [6.07, 6.45) is 14.4. The van der Waals surface area contributed by atoms with E-state index in [1.165, 1.54) is 28.4 Å². The van der Waals surface area contributed by atoms with E-state index in [1.54, 1.807) is 24.3 Å². The van der Waals surface area contributed by atoms with E-state index < -0.39 is 130 Å². The molecule has 0 amide bonds. The first-order valence-electron chi connectivity index (χ1n) is 43.3. The Morgan fingerprint density at radius 1 is 0.284 bits per heavy atom. The molecule has 116 heavy (non-hydrogen) atoms. The predicted molar refractivity (Wildman–Crippen MR) is 448 cm³/mol. The lowest BCUT2D eigenvalue weighted by Crippen LogP contribution is -2.43. The van der Waals surface area contributed by atoms with Crippen LogP contribution in [0.25, 0.3) is 0 Å². The van der Waals surface area contributed by atoms with E-state index in [4.69, 9.17) is 35.7 Å². The molecule has 0 saturated heterocycles. The van der Waals surface area contributed by atoms with Crippen molar-refractivity contribution in [2.24, 2.45) is 67.0 Å². The minimum atomic E-state index is -4.73. The topological polar surface area (TPSA) is 279 Å². The molecule has 24 heteroatoms. The zero-order valence-electron chi connectivity index (χ0n) is 71.7. The van der Waals surface area contributed by atoms with Gasteiger partial charge in [-0.15, -0.1) is 0 Å². The van der Waals surface area contributed by atoms with Crippen LogP contribution in [0.1, 0.15) is 331 Å². The lowest BCUT2D eigenvalue weighted by atomic mass is 9.70. The van der Waals surface area contributed by atoms with E-state index in [2.05, 4.69) is 27.7 Å². The van der Waals surface area contributed by atoms with Crippen molar-refractivity contribution in [1.29, 1.82) is 0 Å². The molecule has 9 aliphatic rings. The Hall–Kier alpha value is -6.24. The monoisotopic (exact) mass is 1680 g/mol. The van der Waals surface area contributed by atoms with Gasteiger partial charge in [0.1, 0.15) is 69.1 Å². The van der Waals surface area contributed by atoms with Gasteiger partial charge in [0.15, 0.2) is 0 Å². The average Bonchev–Trinajstić information content (AvgIpc) is 1.62. The first-order chi connectivity index (χ1) is 54.6. The second kappa shape index (κ2) is 32.3. The minimum absolute atomic E-state index is 0.0222. The third-order valence-corrected chi connectivity index (χ3v) is 37.1. The first kappa shape index (κ1) is 87.6. The van der Waals surface area contributed by atoms with Gasteiger partial charge < -0.3 is 35.7 Å². The van der Waals surface area contributed by atoms with Gasteiger partial charge in [-0.1, -0.05) is 160 Å². The van der Waals surface area contributed by atoms with E-state index in [-0.39, 0.29) is 118 Å². The maximum Gasteiger partial charge on any atom is 0.310 e. The maximum absolute atomic E-state index is 15.8. The average molecular weight is 1680 g/mol. The van der Waals surface area contributed by atoms with Crippen molar-refractivity contribution in [3.05, 3.63) is 93.0 Å². The van der Waals surface area contributed by atoms with Crippen molar-refractivity contribution in [2.45, 2.75) is 287 Å². The minimum Gasteiger partial charge on any atom is -0.496 e. The van der Waals surface area contributed by atoms with E-state index >= 15 is 33.7 Å². The molecule has 0 spiro atoms. The summed E-state index contributed by atoms with van der Waals surface area (Å²) in [6, 6.07) is 13.9. The Bertz CT molecular complexity index is 4350. The van der Waals surface area contributed by atoms with Crippen molar-refractivity contribution in [1.82, 2.24) is 0 Å². The molecule has 0 aliphatic heterocycles. The fraction of sp³-hybridized carbons (Fsp3) is 0.696. The Morgan fingerprint density at radius 3 is 0.612 bits per heavy atom. The molecule has 0 unspecified atom stereocenters. The van der Waals surface area contributed by atoms with Crippen molar-refractivity contribution >= 4 is 63.6 Å². The van der Waals surface area contributed by atoms with Crippen LogP contribution in [-0.4, -0.2) is 108 Å². The molecule has 4 aromatic rings. The molecule has 640 valence electrons. The molecule has 8 fully saturated rings. The zero-order valence-corrected chi connectivity index (χ0v) is 74.9. The van der Waals surface area contributed by atoms with Gasteiger partial charge in [-0.3, -0.25) is 19.2 Å². The number of methoxy groups -OCH3 is 4. The molecule has 8 saturated carbocycles. The highest BCUT2D eigenvalue weighted by Gasteiger charge is 2.69. The SMILES string of the molecule is CCCCC[C@H]1c2cc(c(OS(=O)(=O)C[C@]34CC[C@H](CC3=O)C4(C)C)cc2OC)[C@@H](CCCCC)c2cc(c(OS(=O)(=O)C[C@]34CC[C@H](CC3=O)C4(C)C)cc2OC)[C@@H](CCCCC)c2cc(c(OS(=O)(=O)C[C@]34CC[C@H](CC3=O)C4(C)C)cc2OC)[C@@H](CCCCC)c2cc1c(OS(=O)(=O)C[C@]13CC[C@H](CC1=O)C3(C)C)cc2OC. The van der Waals surface area contributed by atoms with E-state index in [0.29, 0.717) is 173 Å². The first-order valence-corrected chi connectivity index (χ1v) is 49.6. The Labute approximate surface area is 691 Å². The number of Topliss-reactive ketones (excluding diaryl/α,β-unsaturated/α-hetero) is 4. The predicted octanol–water partition coefficient (Wildman–Crippen LogP) is 19.3. The largest absolute Gasteiger partial charge is 0.496 e. The van der Waals surface area contributed by atoms with Gasteiger partial charge in [-0.25, -0.2) is 0 Å². The second-order valence-electron chi connectivity index (χ2n) is 38.5. The number of ketones is 4. The van der Waals surface area contributed by atoms with Gasteiger partial charge in [-0.05, 0) is 147 Å². The molecule has 9 aliphatic carbocycles. The maximum atomic E-state index is 15.8. The van der Waals surface area contributed by atoms with Crippen LogP contribution in [0.3, 0.4) is 0 Å². The smallest absolute Gasteiger partial charge is 0.310 e. The number of fused-ring (bicyclic) bond motifs is 16. The van der Waals surface area contributed by atoms with Gasteiger partial charge >= 0.3 is 40.5 Å². The summed E-state index contributed by atoms with van der Waals surface area (Å²) in [5.74, 6) is -6.37. The number of benzene rings is 4. The molecule has 20 nitrogen and oxygen atoms in total. The van der Waals surface area contributed by atoms with Crippen LogP contribution in [0.2, 0.25) is 0 Å². The quantitative estimate of drug-likeness (QED) is 0.0302. The Morgan fingerprint density at radius 2 is 0.466 bits per heavy atom. The molecule has 0 aromatic heterocycles. The highest BCUT2D eigenvalue weighted by molar-refractivity contribution is 7.88. The van der Waals surface area contributed by atoms with Crippen molar-refractivity contribution in [3.63, 3.8) is 0 Å². The number of carbonyl (C=O) groups is 4. The molecule has 0 radical (unpaired) electrons. The van der Waals surface area contributed by atoms with Crippen LogP contribution in [-0.2, 0) is 59.7 Å². The van der Waals surface area contributed by atoms with Crippen LogP contribution in [0.5, 0.6) is 46.0 Å². The number of hydrogen-bond donors (Lipinski definition) is 0. The highest BCUT2D eigenvalue weighted by Crippen LogP contribution is 2.69. The second-order valence-corrected chi connectivity index (χ2v) is 44.8. The van der Waals surface area contributed by atoms with Crippen molar-refractivity contribution < 1.29 is 88.5 Å². The number of rotatable bonds is 36. The van der Waals surface area contributed by atoms with E-state index in [1.807, 2.05) is 79.7 Å². The normalized spacial score (nSPS) is 29.0. The van der Waals surface area contributed by atoms with Crippen LogP contribution < -0.4 is 35.7 Å². The van der Waals surface area contributed by atoms with Crippen LogP contribution in [0.15, 0.2) is 48.5 Å². The van der Waals surface area contributed by atoms with Crippen molar-refractivity contribution in [3.8, 4) is 46.0 Å². The van der Waals surface area contributed by atoms with Crippen LogP contribution in [0.4, 0.5) is 0 Å². The summed E-state index contributed by atoms with van der Waals surface area (Å²) < 4.78 is 179. The summed E-state index contributed by atoms with van der Waals surface area (Å²) in [5, 5.41) is 0. The number of carbonyl (C=O) groups excluding carboxylic acids is 4. The van der Waals surface area contributed by atoms with Gasteiger partial charge in [0.05, 0.1) is 73.1 Å². The van der Waals surface area contributed by atoms with E-state index in [0.717, 1.165) is 25.7 Å². The molecule has 16 bridgehead atoms. The molecule has 13 rings (SSSR count). The van der Waals surface area contributed by atoms with Crippen molar-refractivity contribution in [2.75, 3.05) is 51.5 Å². The molecule has 4 aromatic carbocycles. The van der Waals surface area contributed by atoms with Gasteiger partial charge in [0.2, 0.25) is 0 Å². The third-order valence-electron chi connectivity index (χ3n) is 32.0. The lowest BCUT2D eigenvalue weighted by molar-refractivity contribution is -0.128. The summed E-state index contributed by atoms with van der Waals surface area (Å²) in [6.45, 7) is 24.1. The summed E-state index contributed by atoms with van der Waals surface area (Å²) in [7, 11) is -13.0. The molecule has 0 N–H and O–H groups in total. The number of ether oxygens (including phenoxy) is 4. The van der Waals surface area contributed by atoms with Crippen LogP contribution in [0, 0.1) is 67.0 Å². The molecule has 12 atom stereocenters. The molecular formula is C92H128O20S4. The molecular weight excluding hydrogens is 1550 g/mol. The van der Waals surface area contributed by atoms with Crippen LogP contribution >= 0.6 is 0 Å². The van der Waals surface area contributed by atoms with E-state index in [9.17, 15) is 19.2 Å².